The first-order valence-electron chi connectivity index (χ1n) is 17.6. The Morgan fingerprint density at radius 3 is 1.19 bits per heavy atom. The molecule has 0 atom stereocenters. The number of terminal acetylenes is 1. The minimum Gasteiger partial charge on any atom is -0.316 e. The van der Waals surface area contributed by atoms with Gasteiger partial charge in [0.2, 0.25) is 0 Å². The lowest BCUT2D eigenvalue weighted by Gasteiger charge is -2.19. The van der Waals surface area contributed by atoms with E-state index >= 15 is 0 Å². The summed E-state index contributed by atoms with van der Waals surface area (Å²) in [5.41, 5.74) is 2.80. The molecule has 0 aromatic heterocycles. The molecule has 0 unspecified atom stereocenters. The van der Waals surface area contributed by atoms with E-state index in [-0.39, 0.29) is 15.8 Å². The molecule has 0 saturated heterocycles. The highest BCUT2D eigenvalue weighted by Gasteiger charge is 2.13. The van der Waals surface area contributed by atoms with Crippen molar-refractivity contribution in [3.8, 4) is 12.8 Å². The first-order chi connectivity index (χ1) is 25.9. The fourth-order valence-electron chi connectivity index (χ4n) is 5.37. The van der Waals surface area contributed by atoms with Crippen LogP contribution in [-0.4, -0.2) is 37.2 Å². The lowest BCUT2D eigenvalue weighted by Crippen LogP contribution is -2.24. The van der Waals surface area contributed by atoms with E-state index in [1.807, 2.05) is 23.5 Å². The Bertz CT molecular complexity index is 1670. The average Bonchev–Trinajstić information content (AvgIpc) is 3.23. The summed E-state index contributed by atoms with van der Waals surface area (Å²) in [7, 11) is -0.627. The van der Waals surface area contributed by atoms with Gasteiger partial charge in [-0.3, -0.25) is 0 Å². The Labute approximate surface area is 324 Å². The number of nitrogens with one attached hydrogen (secondary N) is 2. The summed E-state index contributed by atoms with van der Waals surface area (Å²) in [5, 5.41) is 13.1. The first-order valence-corrected chi connectivity index (χ1v) is 23.0. The SMILES string of the molecule is C#C.c1ccc(CSCCNCCP(c2ccccc2)c2ccccc2)cc1.c1ccc(CSCNCP(c2ccccc2)c2ccccc2)cc1. The molecule has 0 aliphatic carbocycles. The van der Waals surface area contributed by atoms with Gasteiger partial charge in [0.15, 0.2) is 0 Å². The van der Waals surface area contributed by atoms with E-state index in [2.05, 4.69) is 205 Å². The molecule has 0 aliphatic heterocycles. The van der Waals surface area contributed by atoms with Crippen molar-refractivity contribution >= 4 is 60.6 Å². The fourth-order valence-corrected chi connectivity index (χ4v) is 11.5. The zero-order valence-corrected chi connectivity index (χ0v) is 33.3. The molecule has 6 aromatic carbocycles. The Morgan fingerprint density at radius 1 is 0.404 bits per heavy atom. The van der Waals surface area contributed by atoms with Gasteiger partial charge in [-0.1, -0.05) is 182 Å². The van der Waals surface area contributed by atoms with E-state index < -0.39 is 0 Å². The Morgan fingerprint density at radius 2 is 0.769 bits per heavy atom. The van der Waals surface area contributed by atoms with E-state index in [0.29, 0.717) is 0 Å². The van der Waals surface area contributed by atoms with Gasteiger partial charge in [-0.05, 0) is 60.9 Å². The number of benzene rings is 6. The van der Waals surface area contributed by atoms with E-state index in [1.54, 1.807) is 0 Å². The van der Waals surface area contributed by atoms with E-state index in [1.165, 1.54) is 38.5 Å². The molecule has 6 aromatic rings. The summed E-state index contributed by atoms with van der Waals surface area (Å²) in [4.78, 5) is 0. The lowest BCUT2D eigenvalue weighted by molar-refractivity contribution is 0.773. The van der Waals surface area contributed by atoms with Crippen molar-refractivity contribution in [3.05, 3.63) is 193 Å². The molecule has 0 radical (unpaired) electrons. The predicted molar refractivity (Wildman–Crippen MR) is 239 cm³/mol. The average molecular weight is 757 g/mol. The zero-order valence-electron chi connectivity index (χ0n) is 29.8. The Kier molecular flexibility index (Phi) is 20.7. The van der Waals surface area contributed by atoms with Gasteiger partial charge in [-0.2, -0.15) is 11.8 Å². The van der Waals surface area contributed by atoms with Crippen LogP contribution in [0.5, 0.6) is 0 Å². The third-order valence-corrected chi connectivity index (χ3v) is 14.8. The van der Waals surface area contributed by atoms with Gasteiger partial charge in [0.05, 0.1) is 0 Å². The molecule has 0 fully saturated rings. The monoisotopic (exact) mass is 756 g/mol. The molecule has 2 N–H and O–H groups in total. The summed E-state index contributed by atoms with van der Waals surface area (Å²) in [6, 6.07) is 65.0. The molecule has 0 aliphatic rings. The number of thioether (sulfide) groups is 2. The van der Waals surface area contributed by atoms with E-state index in [4.69, 9.17) is 0 Å². The summed E-state index contributed by atoms with van der Waals surface area (Å²) in [6.45, 7) is 2.14. The number of hydrogen-bond acceptors (Lipinski definition) is 4. The van der Waals surface area contributed by atoms with Crippen LogP contribution in [0.2, 0.25) is 0 Å². The predicted octanol–water partition coefficient (Wildman–Crippen LogP) is 9.45. The van der Waals surface area contributed by atoms with Crippen LogP contribution in [0.25, 0.3) is 0 Å². The largest absolute Gasteiger partial charge is 0.316 e. The van der Waals surface area contributed by atoms with Crippen molar-refractivity contribution in [3.63, 3.8) is 0 Å². The maximum Gasteiger partial charge on any atom is 0.0424 e. The van der Waals surface area contributed by atoms with Gasteiger partial charge in [0.25, 0.3) is 0 Å². The van der Waals surface area contributed by atoms with Crippen LogP contribution in [0.1, 0.15) is 11.1 Å². The molecular weight excluding hydrogens is 707 g/mol. The van der Waals surface area contributed by atoms with Crippen LogP contribution in [0, 0.1) is 12.8 Å². The van der Waals surface area contributed by atoms with E-state index in [0.717, 1.165) is 42.5 Å². The standard InChI is InChI=1S/C23H26NPS.C21H22NPS.C2H2/c1-4-10-21(11-5-1)20-26-19-17-24-16-18-25(22-12-6-2-7-13-22)23-14-8-3-9-15-23;1-4-10-19(11-5-1)16-24-18-22-17-23(20-12-6-2-7-13-20)21-14-8-3-9-15-21;1-2/h1-15,24H,16-20H2;1-15,22H,16-18H2;1-2H. The van der Waals surface area contributed by atoms with Gasteiger partial charge in [0.1, 0.15) is 0 Å². The maximum absolute atomic E-state index is 4.00. The number of hydrogen-bond donors (Lipinski definition) is 2. The second-order valence-corrected chi connectivity index (χ2v) is 18.2. The highest BCUT2D eigenvalue weighted by Crippen LogP contribution is 2.33. The minimum atomic E-state index is -0.346. The summed E-state index contributed by atoms with van der Waals surface area (Å²) < 4.78 is 0. The maximum atomic E-state index is 4.00. The third kappa shape index (κ3) is 15.5. The highest BCUT2D eigenvalue weighted by molar-refractivity contribution is 7.98. The Hall–Kier alpha value is -3.64. The van der Waals surface area contributed by atoms with Gasteiger partial charge in [0, 0.05) is 36.0 Å². The van der Waals surface area contributed by atoms with Crippen LogP contribution in [-0.2, 0) is 11.5 Å². The molecule has 0 saturated carbocycles. The van der Waals surface area contributed by atoms with Crippen molar-refractivity contribution in [2.75, 3.05) is 37.2 Å². The summed E-state index contributed by atoms with van der Waals surface area (Å²) >= 11 is 3.94. The first kappa shape index (κ1) is 41.1. The van der Waals surface area contributed by atoms with Gasteiger partial charge in [-0.25, -0.2) is 0 Å². The molecular formula is C46H50N2P2S2. The quantitative estimate of drug-likeness (QED) is 0.0395. The van der Waals surface area contributed by atoms with Crippen molar-refractivity contribution < 1.29 is 0 Å². The van der Waals surface area contributed by atoms with Gasteiger partial charge < -0.3 is 10.6 Å². The topological polar surface area (TPSA) is 24.1 Å². The van der Waals surface area contributed by atoms with Gasteiger partial charge >= 0.3 is 0 Å². The number of rotatable bonds is 18. The molecule has 0 bridgehead atoms. The fraction of sp³-hybridized carbons (Fsp3) is 0.174. The molecule has 0 amide bonds. The van der Waals surface area contributed by atoms with Crippen LogP contribution in [0.3, 0.4) is 0 Å². The van der Waals surface area contributed by atoms with Crippen LogP contribution >= 0.6 is 39.4 Å². The molecule has 6 heteroatoms. The second-order valence-electron chi connectivity index (χ2n) is 11.6. The van der Waals surface area contributed by atoms with Crippen molar-refractivity contribution in [2.24, 2.45) is 0 Å². The zero-order chi connectivity index (χ0) is 36.3. The lowest BCUT2D eigenvalue weighted by atomic mass is 10.2. The second kappa shape index (κ2) is 26.2. The molecule has 266 valence electrons. The summed E-state index contributed by atoms with van der Waals surface area (Å²) in [6.07, 6.45) is 10.2. The van der Waals surface area contributed by atoms with Gasteiger partial charge in [-0.15, -0.1) is 24.6 Å². The normalized spacial score (nSPS) is 10.5. The third-order valence-electron chi connectivity index (χ3n) is 7.90. The van der Waals surface area contributed by atoms with E-state index in [9.17, 15) is 0 Å². The van der Waals surface area contributed by atoms with Crippen molar-refractivity contribution in [1.82, 2.24) is 10.6 Å². The molecule has 6 rings (SSSR count). The molecule has 52 heavy (non-hydrogen) atoms. The Balaban J connectivity index is 0.000000223. The van der Waals surface area contributed by atoms with Crippen molar-refractivity contribution in [2.45, 2.75) is 11.5 Å². The smallest absolute Gasteiger partial charge is 0.0424 e. The molecule has 0 heterocycles. The van der Waals surface area contributed by atoms with Crippen LogP contribution < -0.4 is 31.9 Å². The highest BCUT2D eigenvalue weighted by atomic mass is 32.2. The summed E-state index contributed by atoms with van der Waals surface area (Å²) in [5.74, 6) is 4.29. The van der Waals surface area contributed by atoms with Crippen LogP contribution in [0.15, 0.2) is 182 Å². The minimum absolute atomic E-state index is 0.281. The van der Waals surface area contributed by atoms with Crippen molar-refractivity contribution in [1.29, 1.82) is 0 Å². The van der Waals surface area contributed by atoms with Crippen LogP contribution in [0.4, 0.5) is 0 Å². The molecule has 2 nitrogen and oxygen atoms in total. The molecule has 0 spiro atoms.